The van der Waals surface area contributed by atoms with Crippen LogP contribution >= 0.6 is 23.2 Å². The van der Waals surface area contributed by atoms with Gasteiger partial charge in [0.25, 0.3) is 0 Å². The van der Waals surface area contributed by atoms with Gasteiger partial charge in [0.2, 0.25) is 0 Å². The lowest BCUT2D eigenvalue weighted by Gasteiger charge is -2.39. The topological polar surface area (TPSA) is 43.7 Å². The van der Waals surface area contributed by atoms with Gasteiger partial charge in [-0.2, -0.15) is 0 Å². The van der Waals surface area contributed by atoms with Gasteiger partial charge in [-0.3, -0.25) is 0 Å². The number of hydrogen-bond acceptors (Lipinski definition) is 3. The van der Waals surface area contributed by atoms with E-state index in [1.54, 1.807) is 30.3 Å². The summed E-state index contributed by atoms with van der Waals surface area (Å²) < 4.78 is 13.1. The van der Waals surface area contributed by atoms with Crippen molar-refractivity contribution >= 4 is 23.2 Å². The third-order valence-electron chi connectivity index (χ3n) is 4.82. The maximum absolute atomic E-state index is 13.1. The minimum absolute atomic E-state index is 0.311. The molecule has 1 heterocycles. The highest BCUT2D eigenvalue weighted by Gasteiger charge is 2.34. The summed E-state index contributed by atoms with van der Waals surface area (Å²) in [7, 11) is 0. The van der Waals surface area contributed by atoms with Crippen molar-refractivity contribution in [2.75, 3.05) is 19.6 Å². The summed E-state index contributed by atoms with van der Waals surface area (Å²) in [6, 6.07) is 11.1. The Kier molecular flexibility index (Phi) is 5.66. The van der Waals surface area contributed by atoms with E-state index in [4.69, 9.17) is 23.2 Å². The molecular formula is C19H20Cl2FNO2. The van der Waals surface area contributed by atoms with Crippen LogP contribution in [0.15, 0.2) is 42.5 Å². The molecule has 0 radical (unpaired) electrons. The summed E-state index contributed by atoms with van der Waals surface area (Å²) in [6.45, 7) is 1.75. The summed E-state index contributed by atoms with van der Waals surface area (Å²) in [5.41, 5.74) is 0.506. The highest BCUT2D eigenvalue weighted by molar-refractivity contribution is 6.42. The number of β-amino-alcohol motifs (C(OH)–C–C–N with tert-alkyl or cyclic N) is 1. The number of benzene rings is 2. The zero-order valence-corrected chi connectivity index (χ0v) is 15.1. The van der Waals surface area contributed by atoms with Gasteiger partial charge >= 0.3 is 0 Å². The Morgan fingerprint density at radius 2 is 1.68 bits per heavy atom. The lowest BCUT2D eigenvalue weighted by atomic mass is 9.84. The third-order valence-corrected chi connectivity index (χ3v) is 5.56. The molecule has 3 nitrogen and oxygen atoms in total. The quantitative estimate of drug-likeness (QED) is 0.833. The Morgan fingerprint density at radius 3 is 2.28 bits per heavy atom. The fourth-order valence-corrected chi connectivity index (χ4v) is 3.53. The zero-order valence-electron chi connectivity index (χ0n) is 13.6. The number of likely N-dealkylation sites (tertiary alicyclic amines) is 1. The van der Waals surface area contributed by atoms with Gasteiger partial charge < -0.3 is 15.1 Å². The molecule has 0 aliphatic carbocycles. The highest BCUT2D eigenvalue weighted by Crippen LogP contribution is 2.34. The highest BCUT2D eigenvalue weighted by atomic mass is 35.5. The van der Waals surface area contributed by atoms with E-state index in [1.807, 2.05) is 0 Å². The second-order valence-corrected chi connectivity index (χ2v) is 7.34. The number of aliphatic hydroxyl groups excluding tert-OH is 1. The molecule has 0 amide bonds. The van der Waals surface area contributed by atoms with Gasteiger partial charge in [-0.1, -0.05) is 41.4 Å². The number of piperidine rings is 1. The average molecular weight is 384 g/mol. The number of aliphatic hydroxyl groups is 2. The zero-order chi connectivity index (χ0) is 18.0. The monoisotopic (exact) mass is 383 g/mol. The number of nitrogens with zero attached hydrogens (tertiary/aromatic N) is 1. The van der Waals surface area contributed by atoms with E-state index < -0.39 is 11.7 Å². The molecule has 6 heteroatoms. The molecule has 1 aliphatic rings. The predicted molar refractivity (Wildman–Crippen MR) is 97.4 cm³/mol. The van der Waals surface area contributed by atoms with Crippen LogP contribution in [0.2, 0.25) is 10.0 Å². The Morgan fingerprint density at radius 1 is 1.04 bits per heavy atom. The predicted octanol–water partition coefficient (Wildman–Crippen LogP) is 4.15. The molecule has 25 heavy (non-hydrogen) atoms. The first-order valence-corrected chi connectivity index (χ1v) is 8.97. The Hall–Kier alpha value is -1.17. The molecule has 2 aromatic carbocycles. The molecule has 1 fully saturated rings. The van der Waals surface area contributed by atoms with E-state index in [2.05, 4.69) is 4.90 Å². The van der Waals surface area contributed by atoms with Gasteiger partial charge in [-0.15, -0.1) is 0 Å². The molecular weight excluding hydrogens is 364 g/mol. The summed E-state index contributed by atoms with van der Waals surface area (Å²) in [5.74, 6) is -0.311. The first kappa shape index (κ1) is 18.6. The van der Waals surface area contributed by atoms with E-state index in [0.29, 0.717) is 48.1 Å². The van der Waals surface area contributed by atoms with Crippen molar-refractivity contribution in [2.45, 2.75) is 24.5 Å². The Balaban J connectivity index is 1.60. The summed E-state index contributed by atoms with van der Waals surface area (Å²) in [4.78, 5) is 2.10. The van der Waals surface area contributed by atoms with E-state index >= 15 is 0 Å². The maximum Gasteiger partial charge on any atom is 0.123 e. The van der Waals surface area contributed by atoms with Crippen LogP contribution in [0.25, 0.3) is 0 Å². The molecule has 1 aliphatic heterocycles. The minimum atomic E-state index is -0.946. The largest absolute Gasteiger partial charge is 0.387 e. The summed E-state index contributed by atoms with van der Waals surface area (Å²) >= 11 is 11.9. The van der Waals surface area contributed by atoms with Crippen molar-refractivity contribution in [3.05, 3.63) is 69.5 Å². The smallest absolute Gasteiger partial charge is 0.123 e. The number of halogens is 3. The van der Waals surface area contributed by atoms with E-state index in [0.717, 1.165) is 5.56 Å². The number of rotatable bonds is 4. The Labute approximate surface area is 156 Å². The number of hydrogen-bond donors (Lipinski definition) is 2. The van der Waals surface area contributed by atoms with Crippen LogP contribution in [0, 0.1) is 5.82 Å². The minimum Gasteiger partial charge on any atom is -0.387 e. The van der Waals surface area contributed by atoms with Crippen molar-refractivity contribution < 1.29 is 14.6 Å². The molecule has 0 spiro atoms. The second-order valence-electron chi connectivity index (χ2n) is 6.53. The normalized spacial score (nSPS) is 18.9. The molecule has 134 valence electrons. The van der Waals surface area contributed by atoms with Gasteiger partial charge in [0.15, 0.2) is 0 Å². The third kappa shape index (κ3) is 4.33. The average Bonchev–Trinajstić information content (AvgIpc) is 2.60. The molecule has 2 aromatic rings. The fraction of sp³-hybridized carbons (Fsp3) is 0.368. The van der Waals surface area contributed by atoms with E-state index in [9.17, 15) is 14.6 Å². The van der Waals surface area contributed by atoms with Gasteiger partial charge in [-0.25, -0.2) is 4.39 Å². The van der Waals surface area contributed by atoms with Gasteiger partial charge in [0.05, 0.1) is 21.8 Å². The lowest BCUT2D eigenvalue weighted by molar-refractivity contribution is -0.0345. The van der Waals surface area contributed by atoms with Gasteiger partial charge in [0.1, 0.15) is 5.82 Å². The van der Waals surface area contributed by atoms with Gasteiger partial charge in [-0.05, 0) is 48.2 Å². The van der Waals surface area contributed by atoms with Crippen LogP contribution in [-0.4, -0.2) is 34.7 Å². The van der Waals surface area contributed by atoms with Crippen LogP contribution in [0.4, 0.5) is 4.39 Å². The van der Waals surface area contributed by atoms with Crippen LogP contribution in [0.1, 0.15) is 30.1 Å². The van der Waals surface area contributed by atoms with Crippen molar-refractivity contribution in [3.63, 3.8) is 0 Å². The van der Waals surface area contributed by atoms with Crippen molar-refractivity contribution in [2.24, 2.45) is 0 Å². The molecule has 2 N–H and O–H groups in total. The van der Waals surface area contributed by atoms with Crippen LogP contribution in [-0.2, 0) is 5.60 Å². The molecule has 3 rings (SSSR count). The Bertz CT molecular complexity index is 731. The van der Waals surface area contributed by atoms with Crippen LogP contribution in [0.3, 0.4) is 0 Å². The standard InChI is InChI=1S/C19H20Cl2FNO2/c20-16-6-1-13(11-17(16)21)18(24)12-23-9-7-19(25,8-10-23)14-2-4-15(22)5-3-14/h1-6,11,18,24-25H,7-10,12H2/t18-/m1/s1. The fourth-order valence-electron chi connectivity index (χ4n) is 3.22. The maximum atomic E-state index is 13.1. The molecule has 1 saturated heterocycles. The van der Waals surface area contributed by atoms with Crippen LogP contribution in [0.5, 0.6) is 0 Å². The summed E-state index contributed by atoms with van der Waals surface area (Å²) in [6.07, 6.45) is 0.395. The molecule has 0 aromatic heterocycles. The van der Waals surface area contributed by atoms with E-state index in [-0.39, 0.29) is 5.82 Å². The first-order chi connectivity index (χ1) is 11.9. The molecule has 0 saturated carbocycles. The molecule has 1 atom stereocenters. The van der Waals surface area contributed by atoms with Crippen molar-refractivity contribution in [1.82, 2.24) is 4.90 Å². The van der Waals surface area contributed by atoms with Crippen molar-refractivity contribution in [1.29, 1.82) is 0 Å². The van der Waals surface area contributed by atoms with Crippen molar-refractivity contribution in [3.8, 4) is 0 Å². The summed E-state index contributed by atoms with van der Waals surface area (Å²) in [5, 5.41) is 22.1. The van der Waals surface area contributed by atoms with Gasteiger partial charge in [0, 0.05) is 19.6 Å². The van der Waals surface area contributed by atoms with E-state index in [1.165, 1.54) is 12.1 Å². The first-order valence-electron chi connectivity index (χ1n) is 8.21. The lowest BCUT2D eigenvalue weighted by Crippen LogP contribution is -2.43. The van der Waals surface area contributed by atoms with Crippen LogP contribution < -0.4 is 0 Å². The second kappa shape index (κ2) is 7.60. The molecule has 0 unspecified atom stereocenters. The SMILES string of the molecule is O[C@H](CN1CCC(O)(c2ccc(F)cc2)CC1)c1ccc(Cl)c(Cl)c1. The molecule has 0 bridgehead atoms.